The molecule has 0 amide bonds. The number of hydrogen-bond acceptors (Lipinski definition) is 5. The zero-order valence-corrected chi connectivity index (χ0v) is 15.4. The summed E-state index contributed by atoms with van der Waals surface area (Å²) in [6.07, 6.45) is -5.23. The number of aryl methyl sites for hydroxylation is 2. The van der Waals surface area contributed by atoms with Crippen LogP contribution in [-0.2, 0) is 22.7 Å². The molecular formula is C18H20F3N3O3. The maximum Gasteiger partial charge on any atom is 0.435 e. The highest BCUT2D eigenvalue weighted by Crippen LogP contribution is 2.31. The third-order valence-corrected chi connectivity index (χ3v) is 3.24. The molecule has 0 N–H and O–H groups in total. The molecule has 0 radical (unpaired) electrons. The van der Waals surface area contributed by atoms with Crippen molar-refractivity contribution in [2.24, 2.45) is 7.05 Å². The first-order chi connectivity index (χ1) is 12.7. The Kier molecular flexibility index (Phi) is 6.82. The molecule has 0 aromatic carbocycles. The topological polar surface area (TPSA) is 58.4 Å². The van der Waals surface area contributed by atoms with Gasteiger partial charge in [-0.05, 0) is 44.2 Å². The smallest absolute Gasteiger partial charge is 0.421 e. The summed E-state index contributed by atoms with van der Waals surface area (Å²) in [6, 6.07) is 4.13. The summed E-state index contributed by atoms with van der Waals surface area (Å²) in [6.45, 7) is 6.34. The number of hydrogen-bond donors (Lipinski definition) is 0. The molecule has 9 heteroatoms. The molecule has 0 unspecified atom stereocenters. The fraction of sp³-hybridized carbons (Fsp3) is 0.444. The van der Waals surface area contributed by atoms with Crippen molar-refractivity contribution < 1.29 is 27.4 Å². The lowest BCUT2D eigenvalue weighted by atomic mass is 10.2. The Hall–Kier alpha value is -2.57. The van der Waals surface area contributed by atoms with Gasteiger partial charge in [0.15, 0.2) is 5.69 Å². The van der Waals surface area contributed by atoms with Crippen molar-refractivity contribution in [3.05, 3.63) is 35.2 Å². The number of alkyl halides is 3. The zero-order chi connectivity index (χ0) is 20.0. The fourth-order valence-electron chi connectivity index (χ4n) is 2.11. The summed E-state index contributed by atoms with van der Waals surface area (Å²) < 4.78 is 55.4. The molecule has 0 aliphatic heterocycles. The molecule has 2 heterocycles. The van der Waals surface area contributed by atoms with E-state index < -0.39 is 18.2 Å². The highest BCUT2D eigenvalue weighted by Gasteiger charge is 2.35. The van der Waals surface area contributed by atoms with Crippen LogP contribution < -0.4 is 4.74 Å². The van der Waals surface area contributed by atoms with Gasteiger partial charge in [-0.25, -0.2) is 9.67 Å². The van der Waals surface area contributed by atoms with E-state index in [4.69, 9.17) is 14.2 Å². The average Bonchev–Trinajstić information content (AvgIpc) is 2.94. The zero-order valence-electron chi connectivity index (χ0n) is 15.4. The molecule has 0 bridgehead atoms. The molecule has 2 aromatic rings. The molecule has 0 aliphatic carbocycles. The molecule has 0 saturated heterocycles. The fourth-order valence-corrected chi connectivity index (χ4v) is 2.11. The monoisotopic (exact) mass is 383 g/mol. The van der Waals surface area contributed by atoms with Crippen LogP contribution in [0.1, 0.15) is 30.8 Å². The second-order valence-corrected chi connectivity index (χ2v) is 5.47. The number of rotatable bonds is 6. The molecule has 0 saturated carbocycles. The summed E-state index contributed by atoms with van der Waals surface area (Å²) >= 11 is 0. The van der Waals surface area contributed by atoms with Crippen LogP contribution >= 0.6 is 0 Å². The van der Waals surface area contributed by atoms with Gasteiger partial charge >= 0.3 is 6.18 Å². The van der Waals surface area contributed by atoms with E-state index in [0.29, 0.717) is 18.9 Å². The van der Waals surface area contributed by atoms with Gasteiger partial charge in [-0.1, -0.05) is 0 Å². The highest BCUT2D eigenvalue weighted by molar-refractivity contribution is 5.36. The van der Waals surface area contributed by atoms with E-state index in [-0.39, 0.29) is 11.8 Å². The first-order valence-electron chi connectivity index (χ1n) is 8.25. The van der Waals surface area contributed by atoms with E-state index in [2.05, 4.69) is 21.9 Å². The van der Waals surface area contributed by atoms with Gasteiger partial charge in [-0.3, -0.25) is 0 Å². The van der Waals surface area contributed by atoms with Crippen molar-refractivity contribution in [2.45, 2.75) is 33.2 Å². The SMILES string of the molecule is CCOC(C#Cc1cc(C)cc(Oc2cc(C(F)(F)F)nn2C)n1)OCC. The lowest BCUT2D eigenvalue weighted by Gasteiger charge is -2.09. The van der Waals surface area contributed by atoms with Crippen LogP contribution in [0.5, 0.6) is 11.8 Å². The maximum atomic E-state index is 12.8. The maximum absolute atomic E-state index is 12.8. The van der Waals surface area contributed by atoms with E-state index >= 15 is 0 Å². The predicted molar refractivity (Wildman–Crippen MR) is 91.2 cm³/mol. The van der Waals surface area contributed by atoms with E-state index in [1.807, 2.05) is 13.8 Å². The lowest BCUT2D eigenvalue weighted by molar-refractivity contribution is -0.141. The highest BCUT2D eigenvalue weighted by atomic mass is 19.4. The molecule has 146 valence electrons. The molecule has 0 spiro atoms. The van der Waals surface area contributed by atoms with E-state index in [1.165, 1.54) is 7.05 Å². The summed E-state index contributed by atoms with van der Waals surface area (Å²) in [4.78, 5) is 4.20. The Morgan fingerprint density at radius 1 is 1.15 bits per heavy atom. The van der Waals surface area contributed by atoms with Crippen molar-refractivity contribution in [3.8, 4) is 23.6 Å². The second-order valence-electron chi connectivity index (χ2n) is 5.47. The largest absolute Gasteiger partial charge is 0.435 e. The van der Waals surface area contributed by atoms with Crippen molar-refractivity contribution in [3.63, 3.8) is 0 Å². The van der Waals surface area contributed by atoms with Crippen molar-refractivity contribution in [1.82, 2.24) is 14.8 Å². The van der Waals surface area contributed by atoms with Crippen LogP contribution in [0.2, 0.25) is 0 Å². The van der Waals surface area contributed by atoms with Gasteiger partial charge in [0.05, 0.1) is 0 Å². The van der Waals surface area contributed by atoms with Crippen LogP contribution in [0.25, 0.3) is 0 Å². The minimum Gasteiger partial charge on any atom is -0.421 e. The predicted octanol–water partition coefficient (Wildman–Crippen LogP) is 3.69. The summed E-state index contributed by atoms with van der Waals surface area (Å²) in [7, 11) is 1.36. The minimum atomic E-state index is -4.55. The summed E-state index contributed by atoms with van der Waals surface area (Å²) in [5, 5.41) is 3.40. The van der Waals surface area contributed by atoms with Crippen LogP contribution in [-0.4, -0.2) is 34.3 Å². The number of nitrogens with zero attached hydrogens (tertiary/aromatic N) is 3. The Labute approximate surface area is 155 Å². The molecule has 2 rings (SSSR count). The molecular weight excluding hydrogens is 363 g/mol. The van der Waals surface area contributed by atoms with Gasteiger partial charge in [0.25, 0.3) is 0 Å². The van der Waals surface area contributed by atoms with E-state index in [1.54, 1.807) is 19.1 Å². The van der Waals surface area contributed by atoms with Gasteiger partial charge in [0.1, 0.15) is 5.69 Å². The van der Waals surface area contributed by atoms with Crippen LogP contribution in [0, 0.1) is 18.8 Å². The number of ether oxygens (including phenoxy) is 3. The first kappa shape index (κ1) is 20.7. The Morgan fingerprint density at radius 2 is 1.81 bits per heavy atom. The number of pyridine rings is 1. The third-order valence-electron chi connectivity index (χ3n) is 3.24. The van der Waals surface area contributed by atoms with Crippen LogP contribution in [0.15, 0.2) is 18.2 Å². The van der Waals surface area contributed by atoms with Gasteiger partial charge in [0.2, 0.25) is 18.1 Å². The van der Waals surface area contributed by atoms with Crippen LogP contribution in [0.3, 0.4) is 0 Å². The van der Waals surface area contributed by atoms with E-state index in [9.17, 15) is 13.2 Å². The standard InChI is InChI=1S/C18H20F3N3O3/c1-5-25-17(26-6-2)8-7-13-9-12(3)10-15(22-13)27-16-11-14(18(19,20)21)23-24(16)4/h9-11,17H,5-6H2,1-4H3. The van der Waals surface area contributed by atoms with Gasteiger partial charge in [-0.2, -0.15) is 18.3 Å². The summed E-state index contributed by atoms with van der Waals surface area (Å²) in [5.74, 6) is 5.67. The van der Waals surface area contributed by atoms with E-state index in [0.717, 1.165) is 16.3 Å². The Balaban J connectivity index is 2.24. The van der Waals surface area contributed by atoms with Gasteiger partial charge < -0.3 is 14.2 Å². The molecule has 2 aromatic heterocycles. The molecule has 0 fully saturated rings. The normalized spacial score (nSPS) is 11.4. The number of aromatic nitrogens is 3. The molecule has 6 nitrogen and oxygen atoms in total. The van der Waals surface area contributed by atoms with Gasteiger partial charge in [0, 0.05) is 32.4 Å². The molecule has 27 heavy (non-hydrogen) atoms. The average molecular weight is 383 g/mol. The third kappa shape index (κ3) is 5.98. The number of halogens is 3. The molecule has 0 atom stereocenters. The summed E-state index contributed by atoms with van der Waals surface area (Å²) in [5.41, 5.74) is 0.128. The van der Waals surface area contributed by atoms with Gasteiger partial charge in [-0.15, -0.1) is 0 Å². The second kappa shape index (κ2) is 8.88. The molecule has 0 aliphatic rings. The minimum absolute atomic E-state index is 0.0826. The lowest BCUT2D eigenvalue weighted by Crippen LogP contribution is -2.14. The van der Waals surface area contributed by atoms with Crippen molar-refractivity contribution >= 4 is 0 Å². The Bertz CT molecular complexity index is 832. The van der Waals surface area contributed by atoms with Crippen LogP contribution in [0.4, 0.5) is 13.2 Å². The van der Waals surface area contributed by atoms with Crippen molar-refractivity contribution in [1.29, 1.82) is 0 Å². The quantitative estimate of drug-likeness (QED) is 0.563. The Morgan fingerprint density at radius 3 is 2.37 bits per heavy atom. The first-order valence-corrected chi connectivity index (χ1v) is 8.25. The van der Waals surface area contributed by atoms with Crippen molar-refractivity contribution in [2.75, 3.05) is 13.2 Å².